The van der Waals surface area contributed by atoms with E-state index >= 15 is 0 Å². The van der Waals surface area contributed by atoms with Gasteiger partial charge in [-0.2, -0.15) is 4.98 Å². The van der Waals surface area contributed by atoms with E-state index in [4.69, 9.17) is 9.26 Å². The lowest BCUT2D eigenvalue weighted by Crippen LogP contribution is -2.26. The van der Waals surface area contributed by atoms with E-state index in [1.54, 1.807) is 12.4 Å². The maximum Gasteiger partial charge on any atom is 0.244 e. The molecule has 1 aliphatic heterocycles. The van der Waals surface area contributed by atoms with Gasteiger partial charge >= 0.3 is 0 Å². The van der Waals surface area contributed by atoms with Crippen LogP contribution in [-0.4, -0.2) is 21.2 Å². The summed E-state index contributed by atoms with van der Waals surface area (Å²) >= 11 is 0. The summed E-state index contributed by atoms with van der Waals surface area (Å²) in [4.78, 5) is 8.73. The third-order valence-electron chi connectivity index (χ3n) is 5.33. The molecule has 1 aromatic carbocycles. The predicted octanol–water partition coefficient (Wildman–Crippen LogP) is 3.91. The van der Waals surface area contributed by atoms with Gasteiger partial charge in [0.15, 0.2) is 0 Å². The Labute approximate surface area is 158 Å². The number of aromatic nitrogens is 3. The monoisotopic (exact) mass is 362 g/mol. The highest BCUT2D eigenvalue weighted by Crippen LogP contribution is 2.40. The molecule has 2 atom stereocenters. The number of hydrogen-bond acceptors (Lipinski definition) is 6. The van der Waals surface area contributed by atoms with E-state index in [1.165, 1.54) is 19.3 Å². The normalized spacial score (nSPS) is 22.1. The van der Waals surface area contributed by atoms with Crippen LogP contribution in [0.25, 0.3) is 11.4 Å². The van der Waals surface area contributed by atoms with Gasteiger partial charge in [0.2, 0.25) is 11.7 Å². The minimum absolute atomic E-state index is 0.182. The zero-order valence-electron chi connectivity index (χ0n) is 15.0. The van der Waals surface area contributed by atoms with E-state index in [-0.39, 0.29) is 6.04 Å². The van der Waals surface area contributed by atoms with Gasteiger partial charge in [0.25, 0.3) is 0 Å². The van der Waals surface area contributed by atoms with Crippen LogP contribution >= 0.6 is 0 Å². The Bertz CT molecular complexity index is 907. The summed E-state index contributed by atoms with van der Waals surface area (Å²) in [7, 11) is 0. The largest absolute Gasteiger partial charge is 0.489 e. The first kappa shape index (κ1) is 16.4. The van der Waals surface area contributed by atoms with E-state index in [1.807, 2.05) is 36.4 Å². The number of nitrogens with one attached hydrogen (secondary N) is 1. The van der Waals surface area contributed by atoms with E-state index in [0.717, 1.165) is 29.2 Å². The topological polar surface area (TPSA) is 73.1 Å². The van der Waals surface area contributed by atoms with Crippen molar-refractivity contribution in [3.63, 3.8) is 0 Å². The molecule has 3 aromatic rings. The summed E-state index contributed by atoms with van der Waals surface area (Å²) in [6, 6.07) is 12.5. The molecular weight excluding hydrogens is 340 g/mol. The minimum atomic E-state index is 0.182. The number of ether oxygens (including phenoxy) is 1. The maximum absolute atomic E-state index is 5.87. The van der Waals surface area contributed by atoms with Crippen molar-refractivity contribution in [2.45, 2.75) is 44.4 Å². The van der Waals surface area contributed by atoms with Crippen LogP contribution in [0.4, 0.5) is 0 Å². The highest BCUT2D eigenvalue weighted by Gasteiger charge is 2.38. The van der Waals surface area contributed by atoms with Gasteiger partial charge in [0.05, 0.1) is 6.04 Å². The molecule has 2 unspecified atom stereocenters. The van der Waals surface area contributed by atoms with Crippen molar-refractivity contribution in [3.05, 3.63) is 60.2 Å². The Kier molecular flexibility index (Phi) is 4.33. The number of nitrogens with zero attached hydrogens (tertiary/aromatic N) is 3. The fraction of sp³-hybridized carbons (Fsp3) is 0.381. The standard InChI is InChI=1S/C21H22N4O2/c1-4-16(11-17(5-1)26-13-14-3-2-10-22-12-14)20-24-21(27-25-20)19-9-8-18(23-19)15-6-7-15/h1-5,10-12,15,18-19,23H,6-9,13H2. The van der Waals surface area contributed by atoms with Crippen LogP contribution in [0.3, 0.4) is 0 Å². The van der Waals surface area contributed by atoms with Gasteiger partial charge in [-0.25, -0.2) is 0 Å². The summed E-state index contributed by atoms with van der Waals surface area (Å²) in [6.45, 7) is 0.476. The van der Waals surface area contributed by atoms with E-state index in [9.17, 15) is 0 Å². The van der Waals surface area contributed by atoms with E-state index in [0.29, 0.717) is 24.4 Å². The Balaban J connectivity index is 1.27. The highest BCUT2D eigenvalue weighted by molar-refractivity contribution is 5.56. The Morgan fingerprint density at radius 3 is 2.93 bits per heavy atom. The molecule has 2 fully saturated rings. The molecule has 2 aliphatic rings. The second-order valence-corrected chi connectivity index (χ2v) is 7.37. The van der Waals surface area contributed by atoms with Crippen LogP contribution in [0.1, 0.15) is 43.2 Å². The highest BCUT2D eigenvalue weighted by atomic mass is 16.5. The van der Waals surface area contributed by atoms with Crippen molar-refractivity contribution in [3.8, 4) is 17.1 Å². The molecule has 3 heterocycles. The molecule has 0 bridgehead atoms. The maximum atomic E-state index is 5.87. The zero-order valence-corrected chi connectivity index (χ0v) is 15.0. The van der Waals surface area contributed by atoms with Crippen molar-refractivity contribution in [1.29, 1.82) is 0 Å². The second-order valence-electron chi connectivity index (χ2n) is 7.37. The third kappa shape index (κ3) is 3.71. The average molecular weight is 362 g/mol. The number of rotatable bonds is 6. The molecule has 6 nitrogen and oxygen atoms in total. The van der Waals surface area contributed by atoms with Crippen LogP contribution in [0.15, 0.2) is 53.3 Å². The second kappa shape index (κ2) is 7.12. The van der Waals surface area contributed by atoms with E-state index in [2.05, 4.69) is 20.4 Å². The fourth-order valence-electron chi connectivity index (χ4n) is 3.71. The summed E-state index contributed by atoms with van der Waals surface area (Å²) < 4.78 is 11.4. The van der Waals surface area contributed by atoms with Crippen LogP contribution in [0.5, 0.6) is 5.75 Å². The molecule has 1 N–H and O–H groups in total. The number of hydrogen-bond donors (Lipinski definition) is 1. The molecule has 2 aromatic heterocycles. The molecule has 0 spiro atoms. The number of benzene rings is 1. The average Bonchev–Trinajstić information content (AvgIpc) is 3.25. The Morgan fingerprint density at radius 1 is 1.11 bits per heavy atom. The van der Waals surface area contributed by atoms with Gasteiger partial charge in [-0.05, 0) is 49.8 Å². The molecule has 1 aliphatic carbocycles. The van der Waals surface area contributed by atoms with Crippen LogP contribution < -0.4 is 10.1 Å². The first-order chi connectivity index (χ1) is 13.3. The van der Waals surface area contributed by atoms with E-state index < -0.39 is 0 Å². The summed E-state index contributed by atoms with van der Waals surface area (Å²) in [5, 5.41) is 7.84. The van der Waals surface area contributed by atoms with Crippen LogP contribution in [0.2, 0.25) is 0 Å². The lowest BCUT2D eigenvalue weighted by Gasteiger charge is -2.09. The van der Waals surface area contributed by atoms with Gasteiger partial charge in [-0.3, -0.25) is 4.98 Å². The van der Waals surface area contributed by atoms with Crippen LogP contribution in [-0.2, 0) is 6.61 Å². The molecular formula is C21H22N4O2. The first-order valence-electron chi connectivity index (χ1n) is 9.57. The number of pyridine rings is 1. The SMILES string of the molecule is c1cncc(COc2cccc(-c3noc(C4CCC(C5CC5)N4)n3)c2)c1. The third-order valence-corrected chi connectivity index (χ3v) is 5.33. The quantitative estimate of drug-likeness (QED) is 0.717. The summed E-state index contributed by atoms with van der Waals surface area (Å²) in [6.07, 6.45) is 8.53. The van der Waals surface area contributed by atoms with Gasteiger partial charge in [0.1, 0.15) is 12.4 Å². The molecule has 27 heavy (non-hydrogen) atoms. The predicted molar refractivity (Wildman–Crippen MR) is 99.9 cm³/mol. The fourth-order valence-corrected chi connectivity index (χ4v) is 3.71. The lowest BCUT2D eigenvalue weighted by molar-refractivity contribution is 0.306. The Morgan fingerprint density at radius 2 is 2.07 bits per heavy atom. The first-order valence-corrected chi connectivity index (χ1v) is 9.57. The Hall–Kier alpha value is -2.73. The van der Waals surface area contributed by atoms with Crippen molar-refractivity contribution in [2.24, 2.45) is 5.92 Å². The molecule has 6 heteroatoms. The van der Waals surface area contributed by atoms with Crippen molar-refractivity contribution in [2.75, 3.05) is 0 Å². The molecule has 0 radical (unpaired) electrons. The zero-order chi connectivity index (χ0) is 18.1. The molecule has 138 valence electrons. The van der Waals surface area contributed by atoms with Crippen molar-refractivity contribution < 1.29 is 9.26 Å². The van der Waals surface area contributed by atoms with Gasteiger partial charge < -0.3 is 14.6 Å². The molecule has 0 amide bonds. The van der Waals surface area contributed by atoms with Gasteiger partial charge in [-0.15, -0.1) is 0 Å². The minimum Gasteiger partial charge on any atom is -0.489 e. The smallest absolute Gasteiger partial charge is 0.244 e. The van der Waals surface area contributed by atoms with Gasteiger partial charge in [-0.1, -0.05) is 23.4 Å². The molecule has 1 saturated heterocycles. The summed E-state index contributed by atoms with van der Waals surface area (Å²) in [5.41, 5.74) is 1.92. The van der Waals surface area contributed by atoms with Crippen molar-refractivity contribution >= 4 is 0 Å². The lowest BCUT2D eigenvalue weighted by atomic mass is 10.1. The molecule has 1 saturated carbocycles. The molecule has 5 rings (SSSR count). The summed E-state index contributed by atoms with van der Waals surface area (Å²) in [5.74, 6) is 2.92. The van der Waals surface area contributed by atoms with Crippen molar-refractivity contribution in [1.82, 2.24) is 20.4 Å². The van der Waals surface area contributed by atoms with Crippen LogP contribution in [0, 0.1) is 5.92 Å². The van der Waals surface area contributed by atoms with Gasteiger partial charge in [0, 0.05) is 29.6 Å².